The molecule has 2 aromatic rings. The van der Waals surface area contributed by atoms with Crippen molar-refractivity contribution in [2.75, 3.05) is 0 Å². The van der Waals surface area contributed by atoms with Gasteiger partial charge in [-0.25, -0.2) is 4.98 Å². The fourth-order valence-electron chi connectivity index (χ4n) is 2.89. The van der Waals surface area contributed by atoms with Gasteiger partial charge in [0.2, 0.25) is 5.56 Å². The van der Waals surface area contributed by atoms with Crippen molar-refractivity contribution in [1.82, 2.24) is 9.97 Å². The number of ketones is 1. The van der Waals surface area contributed by atoms with Crippen LogP contribution in [-0.4, -0.2) is 21.5 Å². The lowest BCUT2D eigenvalue weighted by molar-refractivity contribution is -0.115. The lowest BCUT2D eigenvalue weighted by Crippen LogP contribution is -2.27. The molecule has 0 aliphatic heterocycles. The number of aromatic nitrogens is 2. The van der Waals surface area contributed by atoms with Crippen molar-refractivity contribution in [2.24, 2.45) is 5.73 Å². The molecule has 1 aliphatic carbocycles. The third-order valence-electron chi connectivity index (χ3n) is 3.85. The fraction of sp³-hybridized carbons (Fsp3) is 0.250. The number of nitrogens with one attached hydrogen (secondary N) is 2. The minimum Gasteiger partial charge on any atom is -0.402 e. The zero-order valence-corrected chi connectivity index (χ0v) is 13.4. The van der Waals surface area contributed by atoms with E-state index in [0.29, 0.717) is 23.4 Å². The molecule has 0 aromatic carbocycles. The van der Waals surface area contributed by atoms with Crippen LogP contribution in [0.5, 0.6) is 0 Å². The zero-order chi connectivity index (χ0) is 16.6. The van der Waals surface area contributed by atoms with Crippen LogP contribution in [0, 0.1) is 5.41 Å². The molecule has 2 aromatic heterocycles. The van der Waals surface area contributed by atoms with E-state index in [1.54, 1.807) is 18.5 Å². The summed E-state index contributed by atoms with van der Waals surface area (Å²) >= 11 is 1.41. The summed E-state index contributed by atoms with van der Waals surface area (Å²) in [5.74, 6) is -0.283. The molecule has 1 unspecified atom stereocenters. The lowest BCUT2D eigenvalue weighted by Gasteiger charge is -2.24. The predicted octanol–water partition coefficient (Wildman–Crippen LogP) is 2.20. The van der Waals surface area contributed by atoms with Gasteiger partial charge in [-0.3, -0.25) is 9.59 Å². The number of hydrogen-bond donors (Lipinski definition) is 3. The number of hydrogen-bond acceptors (Lipinski definition) is 6. The van der Waals surface area contributed by atoms with E-state index < -0.39 is 0 Å². The Morgan fingerprint density at radius 2 is 2.17 bits per heavy atom. The van der Waals surface area contributed by atoms with Gasteiger partial charge in [0.1, 0.15) is 0 Å². The molecule has 2 heterocycles. The largest absolute Gasteiger partial charge is 0.402 e. The molecule has 4 N–H and O–H groups in total. The van der Waals surface area contributed by atoms with Gasteiger partial charge in [0.25, 0.3) is 0 Å². The molecular weight excluding hydrogens is 312 g/mol. The number of Topliss-reactive ketones (excluding diaryl/α,β-unsaturated/α-hetero) is 1. The number of carbonyl (C=O) groups is 1. The van der Waals surface area contributed by atoms with Crippen LogP contribution in [-0.2, 0) is 4.79 Å². The first kappa shape index (κ1) is 15.4. The van der Waals surface area contributed by atoms with Crippen molar-refractivity contribution >= 4 is 22.8 Å². The quantitative estimate of drug-likeness (QED) is 0.733. The highest BCUT2D eigenvalue weighted by Gasteiger charge is 2.32. The SMILES string of the molecule is C/C(N)=C1/C(=N)CC(c2ncsc2-c2cccc(=O)[nH]2)CC1=O. The van der Waals surface area contributed by atoms with Crippen molar-refractivity contribution < 1.29 is 4.79 Å². The number of nitrogens with zero attached hydrogens (tertiary/aromatic N) is 1. The van der Waals surface area contributed by atoms with E-state index in [1.807, 2.05) is 6.07 Å². The maximum atomic E-state index is 12.3. The van der Waals surface area contributed by atoms with Crippen LogP contribution in [0.2, 0.25) is 0 Å². The van der Waals surface area contributed by atoms with Crippen LogP contribution in [0.15, 0.2) is 39.8 Å². The first-order valence-corrected chi connectivity index (χ1v) is 8.05. The normalized spacial score (nSPS) is 20.7. The molecule has 0 amide bonds. The summed E-state index contributed by atoms with van der Waals surface area (Å²) in [6, 6.07) is 4.94. The summed E-state index contributed by atoms with van der Waals surface area (Å²) in [5.41, 5.74) is 9.66. The number of thiazole rings is 1. The summed E-state index contributed by atoms with van der Waals surface area (Å²) in [6.45, 7) is 1.64. The Balaban J connectivity index is 1.98. The van der Waals surface area contributed by atoms with Gasteiger partial charge in [-0.05, 0) is 19.4 Å². The molecule has 23 heavy (non-hydrogen) atoms. The Morgan fingerprint density at radius 3 is 2.83 bits per heavy atom. The Morgan fingerprint density at radius 1 is 1.39 bits per heavy atom. The number of pyridine rings is 1. The number of nitrogens with two attached hydrogens (primary N) is 1. The zero-order valence-electron chi connectivity index (χ0n) is 12.6. The molecule has 1 aliphatic rings. The Bertz CT molecular complexity index is 854. The van der Waals surface area contributed by atoms with Crippen LogP contribution < -0.4 is 11.3 Å². The summed E-state index contributed by atoms with van der Waals surface area (Å²) in [5, 5.41) is 8.11. The van der Waals surface area contributed by atoms with E-state index in [1.165, 1.54) is 17.4 Å². The minimum atomic E-state index is -0.182. The molecule has 0 spiro atoms. The standard InChI is InChI=1S/C16H16N4O2S/c1-8(17)14-10(18)5-9(6-12(14)21)15-16(23-7-19-15)11-3-2-4-13(22)20-11/h2-4,7,9,18H,5-6,17H2,1H3,(H,20,22)/b14-8+,18-10?. The number of rotatable bonds is 2. The topological polar surface area (TPSA) is 113 Å². The first-order valence-electron chi connectivity index (χ1n) is 7.17. The highest BCUT2D eigenvalue weighted by molar-refractivity contribution is 7.13. The van der Waals surface area contributed by atoms with Crippen molar-refractivity contribution in [3.63, 3.8) is 0 Å². The number of aromatic amines is 1. The summed E-state index contributed by atoms with van der Waals surface area (Å²) in [7, 11) is 0. The second-order valence-electron chi connectivity index (χ2n) is 5.56. The molecular formula is C16H16N4O2S. The lowest BCUT2D eigenvalue weighted by atomic mass is 9.80. The molecule has 3 rings (SSSR count). The molecule has 1 saturated carbocycles. The van der Waals surface area contributed by atoms with Gasteiger partial charge in [-0.15, -0.1) is 11.3 Å². The fourth-order valence-corrected chi connectivity index (χ4v) is 3.75. The molecule has 0 saturated heterocycles. The maximum absolute atomic E-state index is 12.3. The highest BCUT2D eigenvalue weighted by Crippen LogP contribution is 2.38. The van der Waals surface area contributed by atoms with Crippen LogP contribution in [0.1, 0.15) is 31.4 Å². The number of H-pyrrole nitrogens is 1. The average Bonchev–Trinajstić information content (AvgIpc) is 2.95. The van der Waals surface area contributed by atoms with Crippen LogP contribution in [0.25, 0.3) is 10.6 Å². The average molecular weight is 328 g/mol. The van der Waals surface area contributed by atoms with Gasteiger partial charge in [0, 0.05) is 29.8 Å². The number of carbonyl (C=O) groups excluding carboxylic acids is 1. The molecule has 0 radical (unpaired) electrons. The van der Waals surface area contributed by atoms with Crippen LogP contribution >= 0.6 is 11.3 Å². The Labute approximate surface area is 136 Å². The summed E-state index contributed by atoms with van der Waals surface area (Å²) in [6.07, 6.45) is 0.698. The van der Waals surface area contributed by atoms with E-state index in [0.717, 1.165) is 10.6 Å². The number of allylic oxidation sites excluding steroid dienone is 2. The van der Waals surface area contributed by atoms with Gasteiger partial charge in [0.05, 0.1) is 27.3 Å². The molecule has 6 nitrogen and oxygen atoms in total. The smallest absolute Gasteiger partial charge is 0.248 e. The van der Waals surface area contributed by atoms with Crippen molar-refractivity contribution in [1.29, 1.82) is 5.41 Å². The van der Waals surface area contributed by atoms with E-state index in [9.17, 15) is 9.59 Å². The van der Waals surface area contributed by atoms with Crippen LogP contribution in [0.4, 0.5) is 0 Å². The van der Waals surface area contributed by atoms with Gasteiger partial charge in [-0.2, -0.15) is 0 Å². The van der Waals surface area contributed by atoms with Crippen molar-refractivity contribution in [3.8, 4) is 10.6 Å². The molecule has 7 heteroatoms. The molecule has 0 bridgehead atoms. The van der Waals surface area contributed by atoms with Gasteiger partial charge in [-0.1, -0.05) is 6.07 Å². The Kier molecular flexibility index (Phi) is 3.96. The third kappa shape index (κ3) is 2.87. The first-order chi connectivity index (χ1) is 11.0. The third-order valence-corrected chi connectivity index (χ3v) is 4.73. The van der Waals surface area contributed by atoms with E-state index in [-0.39, 0.29) is 29.4 Å². The molecule has 118 valence electrons. The summed E-state index contributed by atoms with van der Waals surface area (Å²) < 4.78 is 0. The molecule has 1 atom stereocenters. The Hall–Kier alpha value is -2.54. The van der Waals surface area contributed by atoms with Gasteiger partial charge >= 0.3 is 0 Å². The van der Waals surface area contributed by atoms with Gasteiger partial charge < -0.3 is 16.1 Å². The second-order valence-corrected chi connectivity index (χ2v) is 6.42. The maximum Gasteiger partial charge on any atom is 0.248 e. The van der Waals surface area contributed by atoms with Crippen molar-refractivity contribution in [2.45, 2.75) is 25.7 Å². The second kappa shape index (κ2) is 5.92. The van der Waals surface area contributed by atoms with Crippen LogP contribution in [0.3, 0.4) is 0 Å². The summed E-state index contributed by atoms with van der Waals surface area (Å²) in [4.78, 5) is 31.8. The van der Waals surface area contributed by atoms with E-state index in [4.69, 9.17) is 11.1 Å². The monoisotopic (exact) mass is 328 g/mol. The molecule has 1 fully saturated rings. The van der Waals surface area contributed by atoms with E-state index >= 15 is 0 Å². The highest BCUT2D eigenvalue weighted by atomic mass is 32.1. The van der Waals surface area contributed by atoms with Crippen molar-refractivity contribution in [3.05, 3.63) is 51.0 Å². The van der Waals surface area contributed by atoms with Gasteiger partial charge in [0.15, 0.2) is 5.78 Å². The minimum absolute atomic E-state index is 0.119. The predicted molar refractivity (Wildman–Crippen MR) is 89.8 cm³/mol. The van der Waals surface area contributed by atoms with E-state index in [2.05, 4.69) is 9.97 Å².